The molecule has 0 radical (unpaired) electrons. The van der Waals surface area contributed by atoms with Gasteiger partial charge in [-0.2, -0.15) is 4.98 Å². The molecule has 1 aromatic rings. The van der Waals surface area contributed by atoms with E-state index in [0.29, 0.717) is 5.82 Å². The predicted octanol–water partition coefficient (Wildman–Crippen LogP) is 0.539. The van der Waals surface area contributed by atoms with Gasteiger partial charge in [0.1, 0.15) is 12.0 Å². The Morgan fingerprint density at radius 1 is 1.61 bits per heavy atom. The Morgan fingerprint density at radius 2 is 2.28 bits per heavy atom. The summed E-state index contributed by atoms with van der Waals surface area (Å²) in [7, 11) is 1.63. The minimum atomic E-state index is -1.40. The van der Waals surface area contributed by atoms with Crippen molar-refractivity contribution in [1.82, 2.24) is 9.55 Å². The van der Waals surface area contributed by atoms with Gasteiger partial charge in [-0.3, -0.25) is 4.57 Å². The highest BCUT2D eigenvalue weighted by Crippen LogP contribution is 2.17. The summed E-state index contributed by atoms with van der Waals surface area (Å²) in [6.07, 6.45) is -1.66. The Labute approximate surface area is 104 Å². The number of nitrogens with zero attached hydrogens (tertiary/aromatic N) is 2. The number of hydrogen-bond acceptors (Lipinski definition) is 5. The number of aromatic nitrogens is 2. The van der Waals surface area contributed by atoms with E-state index in [1.165, 1.54) is 13.1 Å². The van der Waals surface area contributed by atoms with E-state index in [1.54, 1.807) is 20.0 Å². The summed E-state index contributed by atoms with van der Waals surface area (Å²) in [5.74, 6) is 0.400. The molecule has 0 aliphatic heterocycles. The molecular weight excluding hydrogens is 241 g/mol. The fourth-order valence-electron chi connectivity index (χ4n) is 1.42. The van der Waals surface area contributed by atoms with Crippen LogP contribution in [0.25, 0.3) is 0 Å². The monoisotopic (exact) mass is 259 g/mol. The highest BCUT2D eigenvalue weighted by molar-refractivity contribution is 5.30. The van der Waals surface area contributed by atoms with Crippen LogP contribution in [0, 0.1) is 0 Å². The zero-order valence-corrected chi connectivity index (χ0v) is 10.6. The van der Waals surface area contributed by atoms with Gasteiger partial charge in [-0.1, -0.05) is 0 Å². The molecule has 1 rings (SSSR count). The van der Waals surface area contributed by atoms with E-state index in [9.17, 15) is 9.18 Å². The zero-order chi connectivity index (χ0) is 13.7. The molecule has 1 heterocycles. The van der Waals surface area contributed by atoms with Gasteiger partial charge in [0.2, 0.25) is 0 Å². The van der Waals surface area contributed by atoms with Crippen LogP contribution in [-0.2, 0) is 4.74 Å². The van der Waals surface area contributed by atoms with Crippen LogP contribution in [0.3, 0.4) is 0 Å². The smallest absolute Gasteiger partial charge is 0.351 e. The van der Waals surface area contributed by atoms with Crippen LogP contribution in [0.4, 0.5) is 10.2 Å². The molecule has 0 spiro atoms. The van der Waals surface area contributed by atoms with E-state index in [2.05, 4.69) is 10.3 Å². The lowest BCUT2D eigenvalue weighted by molar-refractivity contribution is -0.1000. The summed E-state index contributed by atoms with van der Waals surface area (Å²) < 4.78 is 19.8. The third kappa shape index (κ3) is 3.51. The minimum Gasteiger partial charge on any atom is -0.394 e. The SMILES string of the molecule is CNc1ccn([C@H](O[C@@H](C)CO)[C@H](C)F)c(=O)n1. The standard InChI is InChI=1S/C11H18FN3O3/c1-7(6-16)18-10(8(2)12)15-5-4-9(13-3)14-11(15)17/h4-5,7-8,10,16H,6H2,1-3H3,(H,13,14,17)/t7-,8-,10+/m0/s1. The summed E-state index contributed by atoms with van der Waals surface area (Å²) in [5, 5.41) is 11.6. The number of anilines is 1. The molecule has 0 fully saturated rings. The molecule has 0 saturated carbocycles. The van der Waals surface area contributed by atoms with Crippen molar-refractivity contribution in [3.05, 3.63) is 22.7 Å². The first-order chi connectivity index (χ1) is 8.49. The van der Waals surface area contributed by atoms with Crippen LogP contribution in [0.1, 0.15) is 20.1 Å². The molecule has 0 amide bonds. The maximum Gasteiger partial charge on any atom is 0.351 e. The number of alkyl halides is 1. The van der Waals surface area contributed by atoms with Crippen molar-refractivity contribution in [2.45, 2.75) is 32.4 Å². The average Bonchev–Trinajstić information content (AvgIpc) is 2.35. The Hall–Kier alpha value is -1.47. The van der Waals surface area contributed by atoms with Gasteiger partial charge >= 0.3 is 5.69 Å². The second kappa shape index (κ2) is 6.46. The molecule has 3 atom stereocenters. The Bertz CT molecular complexity index is 436. The van der Waals surface area contributed by atoms with Crippen molar-refractivity contribution in [2.24, 2.45) is 0 Å². The number of aliphatic hydroxyl groups is 1. The minimum absolute atomic E-state index is 0.250. The normalized spacial score (nSPS) is 16.1. The number of ether oxygens (including phenoxy) is 1. The maximum atomic E-state index is 13.5. The van der Waals surface area contributed by atoms with Gasteiger partial charge in [-0.25, -0.2) is 9.18 Å². The molecule has 7 heteroatoms. The summed E-state index contributed by atoms with van der Waals surface area (Å²) in [6, 6.07) is 1.55. The molecule has 102 valence electrons. The van der Waals surface area contributed by atoms with E-state index in [-0.39, 0.29) is 6.61 Å². The first-order valence-corrected chi connectivity index (χ1v) is 5.67. The van der Waals surface area contributed by atoms with Gasteiger partial charge in [0.15, 0.2) is 6.23 Å². The highest BCUT2D eigenvalue weighted by atomic mass is 19.1. The first-order valence-electron chi connectivity index (χ1n) is 5.67. The largest absolute Gasteiger partial charge is 0.394 e. The van der Waals surface area contributed by atoms with E-state index in [4.69, 9.17) is 9.84 Å². The first kappa shape index (κ1) is 14.6. The van der Waals surface area contributed by atoms with Crippen molar-refractivity contribution in [1.29, 1.82) is 0 Å². The van der Waals surface area contributed by atoms with Crippen LogP contribution in [0.2, 0.25) is 0 Å². The van der Waals surface area contributed by atoms with Crippen molar-refractivity contribution < 1.29 is 14.2 Å². The molecule has 2 N–H and O–H groups in total. The quantitative estimate of drug-likeness (QED) is 0.779. The van der Waals surface area contributed by atoms with Crippen LogP contribution < -0.4 is 11.0 Å². The number of aliphatic hydroxyl groups excluding tert-OH is 1. The molecule has 0 bridgehead atoms. The van der Waals surface area contributed by atoms with Crippen LogP contribution in [0.5, 0.6) is 0 Å². The van der Waals surface area contributed by atoms with E-state index < -0.39 is 24.2 Å². The molecule has 0 aliphatic rings. The lowest BCUT2D eigenvalue weighted by Crippen LogP contribution is -2.35. The topological polar surface area (TPSA) is 76.4 Å². The van der Waals surface area contributed by atoms with Crippen molar-refractivity contribution in [2.75, 3.05) is 19.0 Å². The van der Waals surface area contributed by atoms with Crippen molar-refractivity contribution >= 4 is 5.82 Å². The van der Waals surface area contributed by atoms with Crippen molar-refractivity contribution in [3.8, 4) is 0 Å². The molecule has 0 unspecified atom stereocenters. The van der Waals surface area contributed by atoms with E-state index in [0.717, 1.165) is 4.57 Å². The molecule has 0 saturated heterocycles. The maximum absolute atomic E-state index is 13.5. The molecule has 6 nitrogen and oxygen atoms in total. The number of nitrogens with one attached hydrogen (secondary N) is 1. The average molecular weight is 259 g/mol. The van der Waals surface area contributed by atoms with Gasteiger partial charge in [0.05, 0.1) is 12.7 Å². The summed E-state index contributed by atoms with van der Waals surface area (Å²) in [4.78, 5) is 15.4. The second-order valence-electron chi connectivity index (χ2n) is 3.95. The molecule has 18 heavy (non-hydrogen) atoms. The molecule has 0 aromatic carbocycles. The number of halogens is 1. The fourth-order valence-corrected chi connectivity index (χ4v) is 1.42. The third-order valence-electron chi connectivity index (χ3n) is 2.38. The van der Waals surface area contributed by atoms with Gasteiger partial charge in [0.25, 0.3) is 0 Å². The lowest BCUT2D eigenvalue weighted by atomic mass is 10.3. The van der Waals surface area contributed by atoms with Gasteiger partial charge in [-0.05, 0) is 19.9 Å². The summed E-state index contributed by atoms with van der Waals surface area (Å²) in [5.41, 5.74) is -0.610. The Balaban J connectivity index is 3.02. The number of hydrogen-bond donors (Lipinski definition) is 2. The molecular formula is C11H18FN3O3. The van der Waals surface area contributed by atoms with Gasteiger partial charge in [0, 0.05) is 13.2 Å². The van der Waals surface area contributed by atoms with Gasteiger partial charge < -0.3 is 15.2 Å². The molecule has 1 aromatic heterocycles. The van der Waals surface area contributed by atoms with E-state index >= 15 is 0 Å². The second-order valence-corrected chi connectivity index (χ2v) is 3.95. The zero-order valence-electron chi connectivity index (χ0n) is 10.6. The summed E-state index contributed by atoms with van der Waals surface area (Å²) >= 11 is 0. The van der Waals surface area contributed by atoms with E-state index in [1.807, 2.05) is 0 Å². The summed E-state index contributed by atoms with van der Waals surface area (Å²) in [6.45, 7) is 2.63. The fraction of sp³-hybridized carbons (Fsp3) is 0.636. The number of rotatable bonds is 6. The van der Waals surface area contributed by atoms with Crippen LogP contribution in [0.15, 0.2) is 17.1 Å². The van der Waals surface area contributed by atoms with Crippen LogP contribution in [-0.4, -0.2) is 40.6 Å². The molecule has 0 aliphatic carbocycles. The Kier molecular flexibility index (Phi) is 5.24. The van der Waals surface area contributed by atoms with Crippen molar-refractivity contribution in [3.63, 3.8) is 0 Å². The highest BCUT2D eigenvalue weighted by Gasteiger charge is 2.23. The van der Waals surface area contributed by atoms with Gasteiger partial charge in [-0.15, -0.1) is 0 Å². The Morgan fingerprint density at radius 3 is 2.72 bits per heavy atom. The predicted molar refractivity (Wildman–Crippen MR) is 65.3 cm³/mol. The van der Waals surface area contributed by atoms with Crippen LogP contribution >= 0.6 is 0 Å². The third-order valence-corrected chi connectivity index (χ3v) is 2.38. The lowest BCUT2D eigenvalue weighted by Gasteiger charge is -2.24.